The van der Waals surface area contributed by atoms with E-state index in [0.717, 1.165) is 30.3 Å². The molecule has 1 aliphatic carbocycles. The Hall–Kier alpha value is -5.84. The Labute approximate surface area is 378 Å². The van der Waals surface area contributed by atoms with E-state index in [-0.39, 0.29) is 45.6 Å². The van der Waals surface area contributed by atoms with Crippen LogP contribution < -0.4 is 19.6 Å². The van der Waals surface area contributed by atoms with Crippen molar-refractivity contribution in [1.29, 1.82) is 0 Å². The lowest BCUT2D eigenvalue weighted by atomic mass is 9.97. The van der Waals surface area contributed by atoms with Gasteiger partial charge in [-0.2, -0.15) is 0 Å². The molecule has 2 aromatic rings. The van der Waals surface area contributed by atoms with Crippen LogP contribution in [0, 0.1) is 0 Å². The summed E-state index contributed by atoms with van der Waals surface area (Å²) in [6, 6.07) is 9.38. The zero-order valence-electron chi connectivity index (χ0n) is 35.2. The predicted molar refractivity (Wildman–Crippen MR) is 220 cm³/mol. The van der Waals surface area contributed by atoms with Crippen molar-refractivity contribution in [3.8, 4) is 62.9 Å². The molecule has 0 unspecified atom stereocenters. The van der Waals surface area contributed by atoms with Crippen LogP contribution in [0.15, 0.2) is 63.8 Å². The predicted octanol–water partition coefficient (Wildman–Crippen LogP) is -2.02. The van der Waals surface area contributed by atoms with Gasteiger partial charge in [-0.3, -0.25) is 4.79 Å². The summed E-state index contributed by atoms with van der Waals surface area (Å²) < 4.78 is 56.2. The minimum Gasteiger partial charge on any atom is -0.507 e. The number of aliphatic hydroxyl groups excluding tert-OH is 8. The second-order valence-corrected chi connectivity index (χ2v) is 15.6. The summed E-state index contributed by atoms with van der Waals surface area (Å²) >= 11 is 0. The number of fused-ring (bicyclic) bond motifs is 1. The van der Waals surface area contributed by atoms with Gasteiger partial charge in [0.1, 0.15) is 79.2 Å². The smallest absolute Gasteiger partial charge is 0.330 e. The fraction of sp³-hybridized carbons (Fsp3) is 0.442. The van der Waals surface area contributed by atoms with Crippen LogP contribution in [-0.4, -0.2) is 187 Å². The molecule has 14 atom stereocenters. The molecule has 4 heterocycles. The Morgan fingerprint density at radius 2 is 1.34 bits per heavy atom. The lowest BCUT2D eigenvalue weighted by Gasteiger charge is -2.45. The van der Waals surface area contributed by atoms with Crippen LogP contribution in [0.3, 0.4) is 0 Å². The second-order valence-electron chi connectivity index (χ2n) is 15.6. The average molecular weight is 949 g/mol. The first kappa shape index (κ1) is 49.1. The summed E-state index contributed by atoms with van der Waals surface area (Å²) in [7, 11) is 2.63. The van der Waals surface area contributed by atoms with Crippen LogP contribution >= 0.6 is 0 Å². The van der Waals surface area contributed by atoms with E-state index in [1.165, 1.54) is 44.6 Å². The topological polar surface area (TPSA) is 373 Å². The van der Waals surface area contributed by atoms with E-state index in [1.807, 2.05) is 0 Å². The summed E-state index contributed by atoms with van der Waals surface area (Å²) in [6.45, 7) is -2.01. The zero-order chi connectivity index (χ0) is 48.4. The highest BCUT2D eigenvalue weighted by molar-refractivity contribution is 5.87. The van der Waals surface area contributed by atoms with Crippen molar-refractivity contribution in [2.45, 2.75) is 86.0 Å². The van der Waals surface area contributed by atoms with Crippen LogP contribution in [0.4, 0.5) is 0 Å². The lowest BCUT2D eigenvalue weighted by molar-refractivity contribution is -0.353. The normalized spacial score (nSPS) is 31.1. The Morgan fingerprint density at radius 1 is 0.687 bits per heavy atom. The van der Waals surface area contributed by atoms with Crippen LogP contribution in [0.25, 0.3) is 28.7 Å². The van der Waals surface area contributed by atoms with Gasteiger partial charge in [0.05, 0.1) is 33.0 Å². The molecule has 364 valence electrons. The molecule has 0 radical (unpaired) electrons. The van der Waals surface area contributed by atoms with Crippen LogP contribution in [0.5, 0.6) is 40.2 Å². The van der Waals surface area contributed by atoms with E-state index in [1.54, 1.807) is 0 Å². The summed E-state index contributed by atoms with van der Waals surface area (Å²) in [5.41, 5.74) is -0.334. The first-order valence-corrected chi connectivity index (χ1v) is 20.3. The van der Waals surface area contributed by atoms with Crippen LogP contribution in [0.2, 0.25) is 0 Å². The number of carbonyl (C=O) groups is 1. The van der Waals surface area contributed by atoms with E-state index in [4.69, 9.17) is 47.0 Å². The molecule has 0 bridgehead atoms. The number of methoxy groups -OCH3 is 2. The second kappa shape index (κ2) is 20.6. The third-order valence-electron chi connectivity index (χ3n) is 11.1. The van der Waals surface area contributed by atoms with E-state index < -0.39 is 134 Å². The molecule has 3 fully saturated rings. The van der Waals surface area contributed by atoms with Gasteiger partial charge in [-0.1, -0.05) is 0 Å². The minimum absolute atomic E-state index is 0.0268. The minimum atomic E-state index is -2.05. The lowest BCUT2D eigenvalue weighted by Crippen LogP contribution is -2.64. The number of aromatic hydroxyl groups is 4. The highest BCUT2D eigenvalue weighted by Gasteiger charge is 2.52. The molecule has 24 nitrogen and oxygen atoms in total. The van der Waals surface area contributed by atoms with E-state index in [0.29, 0.717) is 5.56 Å². The molecular weight excluding hydrogens is 900 g/mol. The third-order valence-corrected chi connectivity index (χ3v) is 11.1. The number of aliphatic hydroxyl groups is 8. The molecule has 12 N–H and O–H groups in total. The standard InChI is InChI=1S/C43H48O24/c1-58-25-7-16(8-26(59-2)32(25)51)3-6-30(49)60-14-28-33(52)35(54)38(57)41(65-28)62-15-29-34(53)36(55)40(67-42-37(56)31(50)23(48)13-61-42)43(66-29)64-27-12-19-21(46)10-18(44)11-24(19)63-39(27)17-4-5-20(45)22(47)9-17/h3-12,23,28-29,31,33-38,40-43,45-48,50-57H,13-15H2,1-2H3/b6-3+/t23-,28-,29-,31+,33-,34-,35+,36+,37-,38-,40-,41-,42+,43+/m1/s1. The van der Waals surface area contributed by atoms with Crippen molar-refractivity contribution in [2.24, 2.45) is 0 Å². The van der Waals surface area contributed by atoms with Crippen LogP contribution in [-0.2, 0) is 33.2 Å². The summed E-state index contributed by atoms with van der Waals surface area (Å²) in [5, 5.41) is 127. The molecule has 2 aromatic carbocycles. The van der Waals surface area contributed by atoms with Crippen LogP contribution in [0.1, 0.15) is 5.56 Å². The van der Waals surface area contributed by atoms with Gasteiger partial charge in [0.15, 0.2) is 58.6 Å². The SMILES string of the molecule is COc1cc(/C=C/C(=O)OC[C@H]2O[C@@H](OC[C@H]3O[C@H](Oc4cc5c(O)cc(=O)cc-5oc4-c4ccc(O)c(O)c4)[C@H](O[C@@H]4OC[C@@H](O)[C@H](O)[C@H]4O)[C@@H](O)[C@@H]3O)[C@H](O)[C@@H](O)[C@@H]2O)cc(OC)c1O. The summed E-state index contributed by atoms with van der Waals surface area (Å²) in [5.74, 6) is -3.54. The number of esters is 1. The van der Waals surface area contributed by atoms with Gasteiger partial charge in [-0.15, -0.1) is 0 Å². The van der Waals surface area contributed by atoms with Gasteiger partial charge in [-0.25, -0.2) is 4.79 Å². The van der Waals surface area contributed by atoms with Crippen molar-refractivity contribution in [1.82, 2.24) is 0 Å². The largest absolute Gasteiger partial charge is 0.507 e. The van der Waals surface area contributed by atoms with Crippen molar-refractivity contribution < 1.29 is 113 Å². The van der Waals surface area contributed by atoms with Gasteiger partial charge in [0, 0.05) is 23.8 Å². The molecule has 24 heteroatoms. The Morgan fingerprint density at radius 3 is 2.03 bits per heavy atom. The number of phenolic OH excluding ortho intramolecular Hbond substituents is 4. The Kier molecular flexibility index (Phi) is 15.1. The first-order chi connectivity index (χ1) is 31.9. The monoisotopic (exact) mass is 948 g/mol. The number of hydrogen-bond acceptors (Lipinski definition) is 24. The number of rotatable bonds is 14. The molecule has 5 aliphatic rings. The van der Waals surface area contributed by atoms with E-state index in [9.17, 15) is 70.9 Å². The maximum atomic E-state index is 12.7. The molecule has 0 saturated carbocycles. The van der Waals surface area contributed by atoms with Crippen molar-refractivity contribution in [3.63, 3.8) is 0 Å². The number of ether oxygens (including phenoxy) is 9. The number of carbonyl (C=O) groups excluding carboxylic acids is 1. The first-order valence-electron chi connectivity index (χ1n) is 20.3. The molecule has 3 saturated heterocycles. The molecule has 0 spiro atoms. The number of hydrogen-bond donors (Lipinski definition) is 12. The Bertz CT molecular complexity index is 2400. The molecule has 4 aliphatic heterocycles. The molecule has 7 rings (SSSR count). The molecule has 0 aromatic heterocycles. The molecule has 67 heavy (non-hydrogen) atoms. The zero-order valence-corrected chi connectivity index (χ0v) is 35.2. The van der Waals surface area contributed by atoms with E-state index in [2.05, 4.69) is 0 Å². The average Bonchev–Trinajstić information content (AvgIpc) is 3.30. The maximum Gasteiger partial charge on any atom is 0.330 e. The summed E-state index contributed by atoms with van der Waals surface area (Å²) in [6.07, 6.45) is -23.2. The highest BCUT2D eigenvalue weighted by atomic mass is 16.8. The van der Waals surface area contributed by atoms with Gasteiger partial charge in [0.25, 0.3) is 0 Å². The van der Waals surface area contributed by atoms with Crippen molar-refractivity contribution >= 4 is 12.0 Å². The third kappa shape index (κ3) is 10.5. The van der Waals surface area contributed by atoms with Gasteiger partial charge in [0.2, 0.25) is 12.0 Å². The quantitative estimate of drug-likeness (QED) is 0.0369. The van der Waals surface area contributed by atoms with Crippen molar-refractivity contribution in [2.75, 3.05) is 34.0 Å². The van der Waals surface area contributed by atoms with Gasteiger partial charge >= 0.3 is 5.97 Å². The van der Waals surface area contributed by atoms with E-state index >= 15 is 0 Å². The number of benzene rings is 3. The number of phenols is 4. The van der Waals surface area contributed by atoms with Crippen molar-refractivity contribution in [3.05, 3.63) is 70.4 Å². The highest BCUT2D eigenvalue weighted by Crippen LogP contribution is 2.44. The van der Waals surface area contributed by atoms with Gasteiger partial charge in [-0.05, 0) is 48.0 Å². The fourth-order valence-corrected chi connectivity index (χ4v) is 7.36. The molecular formula is C43H48O24. The fourth-order valence-electron chi connectivity index (χ4n) is 7.36. The molecule has 0 amide bonds. The Balaban J connectivity index is 1.12. The maximum absolute atomic E-state index is 12.7. The van der Waals surface area contributed by atoms with Gasteiger partial charge < -0.3 is 108 Å². The summed E-state index contributed by atoms with van der Waals surface area (Å²) in [4.78, 5) is 25.0.